The summed E-state index contributed by atoms with van der Waals surface area (Å²) < 4.78 is 35.9. The van der Waals surface area contributed by atoms with Crippen molar-refractivity contribution >= 4 is 44.2 Å². The summed E-state index contributed by atoms with van der Waals surface area (Å²) in [6.07, 6.45) is 2.07. The smallest absolute Gasteiger partial charge is 0.307 e. The second-order valence-corrected chi connectivity index (χ2v) is 16.8. The van der Waals surface area contributed by atoms with Gasteiger partial charge in [0.1, 0.15) is 34.8 Å². The third-order valence-electron chi connectivity index (χ3n) is 8.56. The van der Waals surface area contributed by atoms with Gasteiger partial charge in [-0.3, -0.25) is 19.2 Å². The molecule has 0 aromatic heterocycles. The predicted molar refractivity (Wildman–Crippen MR) is 176 cm³/mol. The lowest BCUT2D eigenvalue weighted by atomic mass is 9.77. The Morgan fingerprint density at radius 1 is 1.07 bits per heavy atom. The molecule has 4 rings (SSSR count). The van der Waals surface area contributed by atoms with Crippen molar-refractivity contribution in [1.82, 2.24) is 10.2 Å². The van der Waals surface area contributed by atoms with Crippen LogP contribution in [0.25, 0.3) is 10.8 Å². The predicted octanol–water partition coefficient (Wildman–Crippen LogP) is 4.26. The summed E-state index contributed by atoms with van der Waals surface area (Å²) in [6.45, 7) is 14.6. The van der Waals surface area contributed by atoms with Crippen molar-refractivity contribution in [1.29, 1.82) is 0 Å². The molecule has 10 nitrogen and oxygen atoms in total. The van der Waals surface area contributed by atoms with Crippen LogP contribution >= 0.6 is 0 Å². The van der Waals surface area contributed by atoms with Crippen molar-refractivity contribution in [3.05, 3.63) is 55.1 Å². The summed E-state index contributed by atoms with van der Waals surface area (Å²) in [6, 6.07) is 12.4. The Morgan fingerprint density at radius 3 is 2.30 bits per heavy atom. The summed E-state index contributed by atoms with van der Waals surface area (Å²) in [7, 11) is -3.65. The van der Waals surface area contributed by atoms with Crippen LogP contribution in [0.15, 0.2) is 55.1 Å². The number of hydrogen-bond donors (Lipinski definition) is 1. The van der Waals surface area contributed by atoms with Gasteiger partial charge >= 0.3 is 5.97 Å². The first-order chi connectivity index (χ1) is 21.2. The Morgan fingerprint density at radius 2 is 1.72 bits per heavy atom. The van der Waals surface area contributed by atoms with E-state index in [1.807, 2.05) is 63.2 Å². The molecule has 1 N–H and O–H groups in total. The van der Waals surface area contributed by atoms with Gasteiger partial charge in [0.2, 0.25) is 11.8 Å². The topological polar surface area (TPSA) is 136 Å². The van der Waals surface area contributed by atoms with E-state index in [0.29, 0.717) is 5.75 Å². The molecule has 1 aliphatic heterocycles. The van der Waals surface area contributed by atoms with Gasteiger partial charge in [-0.15, -0.1) is 6.58 Å². The third kappa shape index (κ3) is 8.15. The molecule has 5 atom stereocenters. The lowest BCUT2D eigenvalue weighted by Crippen LogP contribution is -2.55. The Bertz CT molecular complexity index is 1630. The van der Waals surface area contributed by atoms with Gasteiger partial charge in [-0.25, -0.2) is 8.42 Å². The molecular formula is C35H46N2O8S. The molecule has 1 saturated carbocycles. The normalized spacial score (nSPS) is 23.8. The van der Waals surface area contributed by atoms with E-state index in [1.165, 1.54) is 11.0 Å². The van der Waals surface area contributed by atoms with Gasteiger partial charge in [-0.1, -0.05) is 63.2 Å². The minimum absolute atomic E-state index is 0.0657. The van der Waals surface area contributed by atoms with Gasteiger partial charge in [-0.2, -0.15) is 0 Å². The molecule has 46 heavy (non-hydrogen) atoms. The number of esters is 1. The molecule has 2 aromatic carbocycles. The van der Waals surface area contributed by atoms with Gasteiger partial charge in [0.25, 0.3) is 0 Å². The highest BCUT2D eigenvalue weighted by molar-refractivity contribution is 7.91. The first-order valence-corrected chi connectivity index (χ1v) is 17.6. The number of ketones is 1. The summed E-state index contributed by atoms with van der Waals surface area (Å²) in [4.78, 5) is 56.0. The number of sulfone groups is 1. The highest BCUT2D eigenvalue weighted by Crippen LogP contribution is 2.46. The maximum absolute atomic E-state index is 14.4. The summed E-state index contributed by atoms with van der Waals surface area (Å²) in [5, 5.41) is 4.67. The number of rotatable bonds is 11. The van der Waals surface area contributed by atoms with Gasteiger partial charge in [-0.05, 0) is 44.1 Å². The molecule has 2 fully saturated rings. The fourth-order valence-corrected chi connectivity index (χ4v) is 6.88. The van der Waals surface area contributed by atoms with Crippen LogP contribution in [0.5, 0.6) is 5.75 Å². The molecule has 1 heterocycles. The van der Waals surface area contributed by atoms with Crippen molar-refractivity contribution in [3.63, 3.8) is 0 Å². The Kier molecular flexibility index (Phi) is 9.79. The fourth-order valence-electron chi connectivity index (χ4n) is 6.14. The average molecular weight is 655 g/mol. The van der Waals surface area contributed by atoms with Crippen molar-refractivity contribution in [2.75, 3.05) is 18.6 Å². The van der Waals surface area contributed by atoms with E-state index in [9.17, 15) is 27.6 Å². The zero-order chi connectivity index (χ0) is 34.2. The zero-order valence-corrected chi connectivity index (χ0v) is 28.6. The first-order valence-electron chi connectivity index (χ1n) is 15.6. The maximum atomic E-state index is 14.4. The molecule has 0 radical (unpaired) electrons. The highest BCUT2D eigenvalue weighted by atomic mass is 32.2. The Balaban J connectivity index is 1.66. The molecule has 0 spiro atoms. The minimum Gasteiger partial charge on any atom is -0.488 e. The van der Waals surface area contributed by atoms with E-state index in [0.717, 1.165) is 17.0 Å². The molecule has 0 unspecified atom stereocenters. The van der Waals surface area contributed by atoms with E-state index in [1.54, 1.807) is 20.8 Å². The summed E-state index contributed by atoms with van der Waals surface area (Å²) in [5.41, 5.74) is -2.82. The minimum atomic E-state index is -3.65. The average Bonchev–Trinajstić information content (AvgIpc) is 3.48. The van der Waals surface area contributed by atoms with Crippen LogP contribution in [0.1, 0.15) is 60.8 Å². The number of hydrogen-bond acceptors (Lipinski definition) is 8. The lowest BCUT2D eigenvalue weighted by Gasteiger charge is -2.35. The molecule has 2 amide bonds. The van der Waals surface area contributed by atoms with Gasteiger partial charge in [0, 0.05) is 24.0 Å². The number of likely N-dealkylation sites (tertiary alicyclic amines) is 1. The van der Waals surface area contributed by atoms with Crippen LogP contribution in [0.4, 0.5) is 0 Å². The second-order valence-electron chi connectivity index (χ2n) is 14.7. The monoisotopic (exact) mass is 654 g/mol. The number of carbonyl (C=O) groups excluding carboxylic acids is 4. The van der Waals surface area contributed by atoms with Gasteiger partial charge < -0.3 is 19.7 Å². The summed E-state index contributed by atoms with van der Waals surface area (Å²) >= 11 is 0. The summed E-state index contributed by atoms with van der Waals surface area (Å²) in [5.74, 6) is -3.52. The maximum Gasteiger partial charge on any atom is 0.307 e. The van der Waals surface area contributed by atoms with Crippen molar-refractivity contribution in [2.45, 2.75) is 84.1 Å². The molecule has 1 saturated heterocycles. The number of nitrogens with zero attached hydrogens (tertiary/aromatic N) is 1. The van der Waals surface area contributed by atoms with E-state index >= 15 is 0 Å². The molecule has 250 valence electrons. The van der Waals surface area contributed by atoms with Gasteiger partial charge in [0.15, 0.2) is 15.6 Å². The molecule has 1 aliphatic carbocycles. The van der Waals surface area contributed by atoms with Crippen LogP contribution in [-0.2, 0) is 33.8 Å². The lowest BCUT2D eigenvalue weighted by molar-refractivity contribution is -0.161. The number of amides is 2. The molecule has 2 aromatic rings. The van der Waals surface area contributed by atoms with Gasteiger partial charge in [0.05, 0.1) is 18.9 Å². The van der Waals surface area contributed by atoms with Crippen LogP contribution < -0.4 is 10.1 Å². The highest BCUT2D eigenvalue weighted by Gasteiger charge is 2.60. The Hall–Kier alpha value is -3.73. The number of fused-ring (bicyclic) bond motifs is 1. The molecular weight excluding hydrogens is 608 g/mol. The van der Waals surface area contributed by atoms with Crippen LogP contribution in [0, 0.1) is 17.3 Å². The number of benzene rings is 2. The van der Waals surface area contributed by atoms with Crippen LogP contribution in [0.3, 0.4) is 0 Å². The zero-order valence-electron chi connectivity index (χ0n) is 27.8. The number of Topliss-reactive ketones (excluding diaryl/α,β-unsaturated/α-hetero) is 1. The number of ether oxygens (including phenoxy) is 2. The van der Waals surface area contributed by atoms with Crippen LogP contribution in [-0.4, -0.2) is 78.7 Å². The van der Waals surface area contributed by atoms with E-state index in [-0.39, 0.29) is 25.8 Å². The van der Waals surface area contributed by atoms with E-state index < -0.39 is 79.7 Å². The number of carbonyl (C=O) groups is 4. The largest absolute Gasteiger partial charge is 0.488 e. The standard InChI is InChI=1S/C35H46N2O8S/c1-9-23-19-35(23,29(38)21-46(8,42)43)36-31(40)27-17-24(44-28-16-12-14-22-13-10-11-15-25(22)28)20-37(27)32(41)26(33(2,3)4)18-30(39)45-34(5,6)7/h9-16,23-24,26-27H,1,17-21H2,2-8H3,(H,36,40)/t23-,24-,26-,27+,35-/m1/s1. The Labute approximate surface area is 271 Å². The van der Waals surface area contributed by atoms with Crippen LogP contribution in [0.2, 0.25) is 0 Å². The first kappa shape index (κ1) is 35.1. The number of nitrogens with one attached hydrogen (secondary N) is 1. The van der Waals surface area contributed by atoms with E-state index in [4.69, 9.17) is 9.47 Å². The fraction of sp³-hybridized carbons (Fsp3) is 0.543. The van der Waals surface area contributed by atoms with Crippen molar-refractivity contribution in [2.24, 2.45) is 17.3 Å². The van der Waals surface area contributed by atoms with Crippen molar-refractivity contribution in [3.8, 4) is 5.75 Å². The second kappa shape index (κ2) is 12.8. The third-order valence-corrected chi connectivity index (χ3v) is 9.35. The SMILES string of the molecule is C=C[C@@H]1C[C@]1(NC(=O)[C@@H]1C[C@@H](Oc2cccc3ccccc23)CN1C(=O)[C@@H](CC(=O)OC(C)(C)C)C(C)(C)C)C(=O)CS(C)(=O)=O. The molecule has 11 heteroatoms. The quantitative estimate of drug-likeness (QED) is 0.281. The van der Waals surface area contributed by atoms with Crippen molar-refractivity contribution < 1.29 is 37.1 Å². The molecule has 0 bridgehead atoms. The molecule has 2 aliphatic rings. The van der Waals surface area contributed by atoms with E-state index in [2.05, 4.69) is 11.9 Å².